The Bertz CT molecular complexity index is 602. The Morgan fingerprint density at radius 2 is 2.00 bits per heavy atom. The molecule has 0 aliphatic heterocycles. The quantitative estimate of drug-likeness (QED) is 0.786. The number of aryl methyl sites for hydroxylation is 4. The number of benzene rings is 1. The number of carbonyl (C=O) groups excluding carboxylic acids is 1. The van der Waals surface area contributed by atoms with Crippen LogP contribution in [0.5, 0.6) is 0 Å². The van der Waals surface area contributed by atoms with E-state index in [0.29, 0.717) is 19.6 Å². The minimum absolute atomic E-state index is 0.194. The molecular formula is C16H20N2O2. The van der Waals surface area contributed by atoms with Crippen LogP contribution >= 0.6 is 0 Å². The standard InChI is InChI=1S/C16H20N2O2/c1-12-6-4-5-7-15(12)11-20-16(19)8-9-18-14(3)10-13(2)17-18/h4-7,10H,8-9,11H2,1-3H3. The first-order valence-electron chi connectivity index (χ1n) is 6.77. The smallest absolute Gasteiger partial charge is 0.308 e. The summed E-state index contributed by atoms with van der Waals surface area (Å²) in [7, 11) is 0. The monoisotopic (exact) mass is 272 g/mol. The largest absolute Gasteiger partial charge is 0.461 e. The molecule has 0 fully saturated rings. The lowest BCUT2D eigenvalue weighted by Gasteiger charge is -2.08. The van der Waals surface area contributed by atoms with E-state index in [1.54, 1.807) is 0 Å². The molecule has 106 valence electrons. The molecule has 0 N–H and O–H groups in total. The van der Waals surface area contributed by atoms with E-state index in [1.807, 2.05) is 55.8 Å². The van der Waals surface area contributed by atoms with Gasteiger partial charge in [0.05, 0.1) is 18.7 Å². The molecule has 20 heavy (non-hydrogen) atoms. The van der Waals surface area contributed by atoms with Crippen molar-refractivity contribution in [3.8, 4) is 0 Å². The minimum Gasteiger partial charge on any atom is -0.461 e. The molecule has 0 aliphatic rings. The summed E-state index contributed by atoms with van der Waals surface area (Å²) < 4.78 is 7.13. The first-order valence-corrected chi connectivity index (χ1v) is 6.77. The summed E-state index contributed by atoms with van der Waals surface area (Å²) in [6.07, 6.45) is 0.341. The lowest BCUT2D eigenvalue weighted by Crippen LogP contribution is -2.11. The van der Waals surface area contributed by atoms with E-state index in [4.69, 9.17) is 4.74 Å². The van der Waals surface area contributed by atoms with Crippen molar-refractivity contribution in [2.75, 3.05) is 0 Å². The van der Waals surface area contributed by atoms with Gasteiger partial charge in [-0.05, 0) is 38.0 Å². The Morgan fingerprint density at radius 1 is 1.25 bits per heavy atom. The molecule has 0 bridgehead atoms. The Labute approximate surface area is 119 Å². The van der Waals surface area contributed by atoms with Gasteiger partial charge in [-0.25, -0.2) is 0 Å². The first kappa shape index (κ1) is 14.3. The van der Waals surface area contributed by atoms with E-state index >= 15 is 0 Å². The lowest BCUT2D eigenvalue weighted by atomic mass is 10.1. The summed E-state index contributed by atoms with van der Waals surface area (Å²) in [5, 5.41) is 4.32. The third kappa shape index (κ3) is 3.70. The average Bonchev–Trinajstić information content (AvgIpc) is 2.74. The maximum Gasteiger partial charge on any atom is 0.308 e. The van der Waals surface area contributed by atoms with Crippen LogP contribution in [0.1, 0.15) is 28.9 Å². The van der Waals surface area contributed by atoms with Gasteiger partial charge in [-0.3, -0.25) is 9.48 Å². The average molecular weight is 272 g/mol. The van der Waals surface area contributed by atoms with Crippen LogP contribution in [0.2, 0.25) is 0 Å². The number of esters is 1. The molecule has 0 radical (unpaired) electrons. The second-order valence-corrected chi connectivity index (χ2v) is 4.99. The highest BCUT2D eigenvalue weighted by atomic mass is 16.5. The molecule has 0 amide bonds. The topological polar surface area (TPSA) is 44.1 Å². The molecule has 4 heteroatoms. The van der Waals surface area contributed by atoms with E-state index in [2.05, 4.69) is 5.10 Å². The maximum absolute atomic E-state index is 11.8. The number of aromatic nitrogens is 2. The van der Waals surface area contributed by atoms with Crippen molar-refractivity contribution in [3.05, 3.63) is 52.8 Å². The number of hydrogen-bond acceptors (Lipinski definition) is 3. The minimum atomic E-state index is -0.194. The summed E-state index contributed by atoms with van der Waals surface area (Å²) >= 11 is 0. The zero-order valence-electron chi connectivity index (χ0n) is 12.2. The molecule has 0 spiro atoms. The molecule has 1 aromatic heterocycles. The SMILES string of the molecule is Cc1cc(C)n(CCC(=O)OCc2ccccc2C)n1. The molecule has 0 atom stereocenters. The van der Waals surface area contributed by atoms with Gasteiger partial charge in [0, 0.05) is 5.69 Å². The van der Waals surface area contributed by atoms with Gasteiger partial charge >= 0.3 is 5.97 Å². The lowest BCUT2D eigenvalue weighted by molar-refractivity contribution is -0.145. The predicted octanol–water partition coefficient (Wildman–Crippen LogP) is 2.94. The van der Waals surface area contributed by atoms with Gasteiger partial charge in [0.2, 0.25) is 0 Å². The summed E-state index contributed by atoms with van der Waals surface area (Å²) in [5.74, 6) is -0.194. The fourth-order valence-corrected chi connectivity index (χ4v) is 2.10. The Morgan fingerprint density at radius 3 is 2.65 bits per heavy atom. The molecule has 4 nitrogen and oxygen atoms in total. The van der Waals surface area contributed by atoms with Gasteiger partial charge in [-0.15, -0.1) is 0 Å². The van der Waals surface area contributed by atoms with Crippen LogP contribution in [-0.2, 0) is 22.7 Å². The highest BCUT2D eigenvalue weighted by Crippen LogP contribution is 2.09. The fourth-order valence-electron chi connectivity index (χ4n) is 2.10. The molecule has 2 rings (SSSR count). The molecular weight excluding hydrogens is 252 g/mol. The molecule has 1 heterocycles. The number of hydrogen-bond donors (Lipinski definition) is 0. The van der Waals surface area contributed by atoms with Crippen LogP contribution in [-0.4, -0.2) is 15.7 Å². The molecule has 0 aliphatic carbocycles. The normalized spacial score (nSPS) is 10.6. The highest BCUT2D eigenvalue weighted by molar-refractivity contribution is 5.69. The van der Waals surface area contributed by atoms with Gasteiger partial charge in [0.25, 0.3) is 0 Å². The van der Waals surface area contributed by atoms with Crippen molar-refractivity contribution in [1.29, 1.82) is 0 Å². The molecule has 1 aromatic carbocycles. The third-order valence-electron chi connectivity index (χ3n) is 3.28. The van der Waals surface area contributed by atoms with Gasteiger partial charge in [0.15, 0.2) is 0 Å². The highest BCUT2D eigenvalue weighted by Gasteiger charge is 2.07. The Kier molecular flexibility index (Phi) is 4.56. The third-order valence-corrected chi connectivity index (χ3v) is 3.28. The van der Waals surface area contributed by atoms with Crippen molar-refractivity contribution in [3.63, 3.8) is 0 Å². The van der Waals surface area contributed by atoms with Gasteiger partial charge in [-0.1, -0.05) is 24.3 Å². The fraction of sp³-hybridized carbons (Fsp3) is 0.375. The summed E-state index contributed by atoms with van der Waals surface area (Å²) in [6.45, 7) is 6.84. The summed E-state index contributed by atoms with van der Waals surface area (Å²) in [6, 6.07) is 9.91. The molecule has 0 saturated heterocycles. The van der Waals surface area contributed by atoms with Gasteiger partial charge in [0.1, 0.15) is 6.61 Å². The second kappa shape index (κ2) is 6.37. The van der Waals surface area contributed by atoms with Crippen LogP contribution in [0, 0.1) is 20.8 Å². The second-order valence-electron chi connectivity index (χ2n) is 4.99. The number of carbonyl (C=O) groups is 1. The molecule has 0 saturated carbocycles. The molecule has 0 unspecified atom stereocenters. The van der Waals surface area contributed by atoms with Crippen molar-refractivity contribution in [2.45, 2.75) is 40.3 Å². The number of rotatable bonds is 5. The van der Waals surface area contributed by atoms with Gasteiger partial charge < -0.3 is 4.74 Å². The van der Waals surface area contributed by atoms with E-state index in [-0.39, 0.29) is 5.97 Å². The van der Waals surface area contributed by atoms with Crippen LogP contribution in [0.15, 0.2) is 30.3 Å². The van der Waals surface area contributed by atoms with Gasteiger partial charge in [-0.2, -0.15) is 5.10 Å². The van der Waals surface area contributed by atoms with E-state index in [0.717, 1.165) is 22.5 Å². The van der Waals surface area contributed by atoms with E-state index < -0.39 is 0 Å². The number of nitrogens with zero attached hydrogens (tertiary/aromatic N) is 2. The Hall–Kier alpha value is -2.10. The maximum atomic E-state index is 11.8. The van der Waals surface area contributed by atoms with Crippen LogP contribution in [0.4, 0.5) is 0 Å². The number of ether oxygens (including phenoxy) is 1. The van der Waals surface area contributed by atoms with Crippen LogP contribution in [0.3, 0.4) is 0 Å². The van der Waals surface area contributed by atoms with Crippen LogP contribution < -0.4 is 0 Å². The summed E-state index contributed by atoms with van der Waals surface area (Å²) in [5.41, 5.74) is 4.22. The van der Waals surface area contributed by atoms with E-state index in [9.17, 15) is 4.79 Å². The summed E-state index contributed by atoms with van der Waals surface area (Å²) in [4.78, 5) is 11.8. The molecule has 2 aromatic rings. The predicted molar refractivity (Wildman–Crippen MR) is 77.3 cm³/mol. The Balaban J connectivity index is 1.82. The van der Waals surface area contributed by atoms with Crippen molar-refractivity contribution < 1.29 is 9.53 Å². The van der Waals surface area contributed by atoms with Crippen molar-refractivity contribution in [2.24, 2.45) is 0 Å². The van der Waals surface area contributed by atoms with Crippen LogP contribution in [0.25, 0.3) is 0 Å². The zero-order valence-corrected chi connectivity index (χ0v) is 12.2. The first-order chi connectivity index (χ1) is 9.56. The van der Waals surface area contributed by atoms with E-state index in [1.165, 1.54) is 0 Å². The van der Waals surface area contributed by atoms with Crippen molar-refractivity contribution >= 4 is 5.97 Å². The van der Waals surface area contributed by atoms with Crippen molar-refractivity contribution in [1.82, 2.24) is 9.78 Å². The zero-order chi connectivity index (χ0) is 14.5.